The van der Waals surface area contributed by atoms with Crippen LogP contribution in [0, 0.1) is 0 Å². The molecule has 1 saturated heterocycles. The molecule has 2 aliphatic rings. The zero-order valence-electron chi connectivity index (χ0n) is 13.4. The fourth-order valence-corrected chi connectivity index (χ4v) is 3.28. The Hall–Kier alpha value is -3.06. The number of carbonyl (C=O) groups is 2. The summed E-state index contributed by atoms with van der Waals surface area (Å²) in [6, 6.07) is 16.6. The van der Waals surface area contributed by atoms with Gasteiger partial charge in [-0.1, -0.05) is 36.4 Å². The maximum absolute atomic E-state index is 12.5. The third-order valence-electron chi connectivity index (χ3n) is 4.21. The van der Waals surface area contributed by atoms with Gasteiger partial charge in [-0.15, -0.1) is 0 Å². The topological polar surface area (TPSA) is 56.2 Å². The molecule has 0 atom stereocenters. The molecule has 4 rings (SSSR count). The van der Waals surface area contributed by atoms with E-state index in [1.54, 1.807) is 11.9 Å². The van der Waals surface area contributed by atoms with Gasteiger partial charge in [0.05, 0.1) is 11.4 Å². The van der Waals surface area contributed by atoms with Gasteiger partial charge in [0.25, 0.3) is 11.8 Å². The normalized spacial score (nSPS) is 18.5. The maximum atomic E-state index is 12.5. The third kappa shape index (κ3) is 2.40. The van der Waals surface area contributed by atoms with Crippen LogP contribution in [0.15, 0.2) is 59.7 Å². The first kappa shape index (κ1) is 15.5. The van der Waals surface area contributed by atoms with Crippen molar-refractivity contribution in [2.75, 3.05) is 23.4 Å². The number of para-hydroxylation sites is 2. The van der Waals surface area contributed by atoms with Crippen LogP contribution >= 0.6 is 12.2 Å². The number of hydrazone groups is 1. The summed E-state index contributed by atoms with van der Waals surface area (Å²) in [5, 5.41) is 6.09. The van der Waals surface area contributed by atoms with Gasteiger partial charge < -0.3 is 4.90 Å². The van der Waals surface area contributed by atoms with Gasteiger partial charge in [-0.2, -0.15) is 5.10 Å². The van der Waals surface area contributed by atoms with Gasteiger partial charge >= 0.3 is 0 Å². The molecular weight excluding hydrogens is 336 g/mol. The molecule has 124 valence electrons. The molecule has 0 aliphatic carbocycles. The van der Waals surface area contributed by atoms with Crippen LogP contribution in [-0.2, 0) is 9.59 Å². The summed E-state index contributed by atoms with van der Waals surface area (Å²) in [5.41, 5.74) is 2.52. The molecule has 2 aromatic carbocycles. The van der Waals surface area contributed by atoms with Crippen molar-refractivity contribution in [2.45, 2.75) is 0 Å². The second kappa shape index (κ2) is 5.78. The van der Waals surface area contributed by atoms with Crippen LogP contribution < -0.4 is 9.80 Å². The summed E-state index contributed by atoms with van der Waals surface area (Å²) < 4.78 is 0. The lowest BCUT2D eigenvalue weighted by molar-refractivity contribution is -0.116. The van der Waals surface area contributed by atoms with Crippen LogP contribution in [0.2, 0.25) is 0 Å². The van der Waals surface area contributed by atoms with Gasteiger partial charge in [0.2, 0.25) is 5.11 Å². The molecule has 0 N–H and O–H groups in total. The Kier molecular flexibility index (Phi) is 3.58. The lowest BCUT2D eigenvalue weighted by Gasteiger charge is -2.17. The van der Waals surface area contributed by atoms with Crippen molar-refractivity contribution in [3.8, 4) is 0 Å². The minimum atomic E-state index is -0.213. The maximum Gasteiger partial charge on any atom is 0.279 e. The highest BCUT2D eigenvalue weighted by Crippen LogP contribution is 2.29. The number of rotatable bonds is 2. The van der Waals surface area contributed by atoms with Gasteiger partial charge in [0, 0.05) is 12.6 Å². The molecule has 2 amide bonds. The number of carbonyl (C=O) groups excluding carboxylic acids is 2. The fourth-order valence-electron chi connectivity index (χ4n) is 2.97. The van der Waals surface area contributed by atoms with Crippen molar-refractivity contribution in [1.29, 1.82) is 0 Å². The van der Waals surface area contributed by atoms with Crippen LogP contribution in [0.3, 0.4) is 0 Å². The Morgan fingerprint density at radius 1 is 1.00 bits per heavy atom. The van der Waals surface area contributed by atoms with Crippen molar-refractivity contribution in [2.24, 2.45) is 5.10 Å². The summed E-state index contributed by atoms with van der Waals surface area (Å²) in [7, 11) is 1.70. The summed E-state index contributed by atoms with van der Waals surface area (Å²) in [6.07, 6.45) is 0. The number of hydrogen-bond donors (Lipinski definition) is 0. The largest absolute Gasteiger partial charge is 0.309 e. The Bertz CT molecular complexity index is 926. The predicted octanol–water partition coefficient (Wildman–Crippen LogP) is 2.00. The molecule has 1 fully saturated rings. The number of thiocarbonyl (C=S) groups is 1. The Balaban J connectivity index is 1.70. The first-order chi connectivity index (χ1) is 12.1. The molecule has 0 unspecified atom stereocenters. The molecule has 2 aromatic rings. The van der Waals surface area contributed by atoms with E-state index >= 15 is 0 Å². The highest BCUT2D eigenvalue weighted by atomic mass is 32.1. The molecule has 7 heteroatoms. The van der Waals surface area contributed by atoms with E-state index < -0.39 is 0 Å². The summed E-state index contributed by atoms with van der Waals surface area (Å²) in [5.74, 6) is -0.387. The van der Waals surface area contributed by atoms with Gasteiger partial charge in [-0.3, -0.25) is 14.5 Å². The number of benzene rings is 2. The van der Waals surface area contributed by atoms with Gasteiger partial charge in [0.15, 0.2) is 5.71 Å². The molecule has 2 aliphatic heterocycles. The lowest BCUT2D eigenvalue weighted by atomic mass is 10.1. The van der Waals surface area contributed by atoms with Gasteiger partial charge in [-0.05, 0) is 30.4 Å². The third-order valence-corrected chi connectivity index (χ3v) is 4.60. The molecule has 0 aromatic heterocycles. The van der Waals surface area contributed by atoms with Crippen molar-refractivity contribution in [3.63, 3.8) is 0 Å². The average molecular weight is 350 g/mol. The summed E-state index contributed by atoms with van der Waals surface area (Å²) >= 11 is 5.42. The zero-order chi connectivity index (χ0) is 17.6. The van der Waals surface area contributed by atoms with E-state index in [2.05, 4.69) is 5.10 Å². The minimum absolute atomic E-state index is 0.0103. The van der Waals surface area contributed by atoms with E-state index in [4.69, 9.17) is 12.2 Å². The SMILES string of the molecule is CN1C(=O)/C(=N/N2CC(=O)N(c3ccccc3)C2=S)c2ccccc21. The van der Waals surface area contributed by atoms with E-state index in [1.807, 2.05) is 54.6 Å². The van der Waals surface area contributed by atoms with E-state index in [1.165, 1.54) is 9.91 Å². The first-order valence-electron chi connectivity index (χ1n) is 7.73. The molecule has 0 spiro atoms. The molecule has 0 radical (unpaired) electrons. The molecule has 6 nitrogen and oxygen atoms in total. The Morgan fingerprint density at radius 3 is 2.44 bits per heavy atom. The second-order valence-electron chi connectivity index (χ2n) is 5.73. The Labute approximate surface area is 149 Å². The number of anilines is 2. The number of hydrogen-bond acceptors (Lipinski definition) is 4. The molecule has 0 bridgehead atoms. The fraction of sp³-hybridized carbons (Fsp3) is 0.111. The van der Waals surface area contributed by atoms with Crippen molar-refractivity contribution in [1.82, 2.24) is 5.01 Å². The lowest BCUT2D eigenvalue weighted by Crippen LogP contribution is -2.32. The van der Waals surface area contributed by atoms with E-state index in [0.717, 1.165) is 11.3 Å². The monoisotopic (exact) mass is 350 g/mol. The molecule has 2 heterocycles. The molecular formula is C18H14N4O2S. The number of amides is 2. The smallest absolute Gasteiger partial charge is 0.279 e. The van der Waals surface area contributed by atoms with Crippen molar-refractivity contribution < 1.29 is 9.59 Å². The molecule has 0 saturated carbocycles. The van der Waals surface area contributed by atoms with Crippen molar-refractivity contribution in [3.05, 3.63) is 60.2 Å². The van der Waals surface area contributed by atoms with Crippen LogP contribution in [0.5, 0.6) is 0 Å². The number of likely N-dealkylation sites (N-methyl/N-ethyl adjacent to an activating group) is 1. The molecule has 25 heavy (non-hydrogen) atoms. The number of fused-ring (bicyclic) bond motifs is 1. The second-order valence-corrected chi connectivity index (χ2v) is 6.10. The van der Waals surface area contributed by atoms with Gasteiger partial charge in [0.1, 0.15) is 6.54 Å². The Morgan fingerprint density at radius 2 is 1.68 bits per heavy atom. The number of nitrogens with zero attached hydrogens (tertiary/aromatic N) is 4. The summed E-state index contributed by atoms with van der Waals surface area (Å²) in [4.78, 5) is 27.9. The van der Waals surface area contributed by atoms with E-state index in [9.17, 15) is 9.59 Å². The first-order valence-corrected chi connectivity index (χ1v) is 8.14. The average Bonchev–Trinajstić information content (AvgIpc) is 3.04. The van der Waals surface area contributed by atoms with E-state index in [0.29, 0.717) is 11.4 Å². The highest BCUT2D eigenvalue weighted by Gasteiger charge is 2.37. The van der Waals surface area contributed by atoms with Crippen molar-refractivity contribution >= 4 is 46.2 Å². The minimum Gasteiger partial charge on any atom is -0.309 e. The predicted molar refractivity (Wildman–Crippen MR) is 99.6 cm³/mol. The van der Waals surface area contributed by atoms with Gasteiger partial charge in [-0.25, -0.2) is 5.01 Å². The zero-order valence-corrected chi connectivity index (χ0v) is 14.2. The van der Waals surface area contributed by atoms with Crippen LogP contribution in [0.4, 0.5) is 11.4 Å². The van der Waals surface area contributed by atoms with Crippen LogP contribution in [0.1, 0.15) is 5.56 Å². The van der Waals surface area contributed by atoms with Crippen LogP contribution in [0.25, 0.3) is 0 Å². The highest BCUT2D eigenvalue weighted by molar-refractivity contribution is 7.80. The summed E-state index contributed by atoms with van der Waals surface area (Å²) in [6.45, 7) is 0.0103. The standard InChI is InChI=1S/C18H14N4O2S/c1-20-14-10-6-5-9-13(14)16(17(20)24)19-21-11-15(23)22(18(21)25)12-7-3-2-4-8-12/h2-10H,11H2,1H3/b19-16+. The van der Waals surface area contributed by atoms with E-state index in [-0.39, 0.29) is 23.5 Å². The van der Waals surface area contributed by atoms with Crippen LogP contribution in [-0.4, -0.2) is 41.2 Å². The quantitative estimate of drug-likeness (QED) is 0.778.